The van der Waals surface area contributed by atoms with Crippen molar-refractivity contribution in [2.75, 3.05) is 35.8 Å². The zero-order chi connectivity index (χ0) is 28.5. The lowest BCUT2D eigenvalue weighted by Gasteiger charge is -2.19. The third-order valence-corrected chi connectivity index (χ3v) is 6.95. The summed E-state index contributed by atoms with van der Waals surface area (Å²) in [5.41, 5.74) is 6.54. The molecule has 4 rings (SSSR count). The molecule has 0 spiro atoms. The van der Waals surface area contributed by atoms with Gasteiger partial charge in [-0.05, 0) is 77.7 Å². The molecule has 0 aliphatic heterocycles. The summed E-state index contributed by atoms with van der Waals surface area (Å²) in [6.45, 7) is 7.95. The molecular formula is C29H31BrClN7O2. The highest BCUT2D eigenvalue weighted by Gasteiger charge is 2.13. The van der Waals surface area contributed by atoms with E-state index in [0.717, 1.165) is 39.9 Å². The largest absolute Gasteiger partial charge is 0.493 e. The number of benzene rings is 3. The van der Waals surface area contributed by atoms with Gasteiger partial charge in [0.2, 0.25) is 17.8 Å². The fourth-order valence-corrected chi connectivity index (χ4v) is 4.52. The zero-order valence-corrected chi connectivity index (χ0v) is 25.1. The highest BCUT2D eigenvalue weighted by Crippen LogP contribution is 2.37. The van der Waals surface area contributed by atoms with Gasteiger partial charge in [-0.3, -0.25) is 0 Å². The summed E-state index contributed by atoms with van der Waals surface area (Å²) in [7, 11) is 1.60. The fraction of sp³-hybridized carbons (Fsp3) is 0.241. The normalized spacial score (nSPS) is 10.9. The van der Waals surface area contributed by atoms with Crippen LogP contribution in [0.15, 0.2) is 70.2 Å². The molecule has 0 aliphatic carbocycles. The molecule has 0 saturated carbocycles. The number of methoxy groups -OCH3 is 1. The number of rotatable bonds is 12. The van der Waals surface area contributed by atoms with Crippen LogP contribution in [0.25, 0.3) is 0 Å². The summed E-state index contributed by atoms with van der Waals surface area (Å²) in [6.07, 6.45) is 1.65. The van der Waals surface area contributed by atoms with Gasteiger partial charge < -0.3 is 19.7 Å². The number of aryl methyl sites for hydroxylation is 1. The Bertz CT molecular complexity index is 1470. The first-order valence-corrected chi connectivity index (χ1v) is 13.9. The van der Waals surface area contributed by atoms with E-state index in [1.165, 1.54) is 0 Å². The molecule has 2 N–H and O–H groups in total. The van der Waals surface area contributed by atoms with Crippen LogP contribution in [0.1, 0.15) is 30.5 Å². The average molecular weight is 625 g/mol. The van der Waals surface area contributed by atoms with Gasteiger partial charge in [-0.15, -0.1) is 0 Å². The van der Waals surface area contributed by atoms with Crippen LogP contribution in [0, 0.1) is 6.92 Å². The SMILES string of the molecule is CCN(CC)c1nc(N/N=C\c2cc(Br)c(OCc3ccccc3)c(OC)c2)nc(Nc2ccc(C)c(Cl)c2)n1. The molecule has 0 bridgehead atoms. The van der Waals surface area contributed by atoms with Gasteiger partial charge in [-0.25, -0.2) is 5.43 Å². The molecule has 0 amide bonds. The molecule has 0 saturated heterocycles. The van der Waals surface area contributed by atoms with Crippen LogP contribution in [0.4, 0.5) is 23.5 Å². The lowest BCUT2D eigenvalue weighted by Crippen LogP contribution is -2.25. The molecule has 0 radical (unpaired) electrons. The lowest BCUT2D eigenvalue weighted by atomic mass is 10.2. The molecule has 11 heteroatoms. The maximum atomic E-state index is 6.30. The smallest absolute Gasteiger partial charge is 0.250 e. The molecular weight excluding hydrogens is 594 g/mol. The van der Waals surface area contributed by atoms with Crippen molar-refractivity contribution in [1.29, 1.82) is 0 Å². The molecule has 1 aromatic heterocycles. The van der Waals surface area contributed by atoms with E-state index in [2.05, 4.69) is 46.7 Å². The number of anilines is 4. The monoisotopic (exact) mass is 623 g/mol. The third kappa shape index (κ3) is 7.61. The van der Waals surface area contributed by atoms with Crippen molar-refractivity contribution in [1.82, 2.24) is 15.0 Å². The van der Waals surface area contributed by atoms with Crippen molar-refractivity contribution in [3.63, 3.8) is 0 Å². The highest BCUT2D eigenvalue weighted by molar-refractivity contribution is 9.10. The predicted octanol–water partition coefficient (Wildman–Crippen LogP) is 7.22. The summed E-state index contributed by atoms with van der Waals surface area (Å²) in [6, 6.07) is 19.4. The van der Waals surface area contributed by atoms with Gasteiger partial charge in [0.25, 0.3) is 0 Å². The van der Waals surface area contributed by atoms with E-state index in [0.29, 0.717) is 41.0 Å². The minimum atomic E-state index is 0.294. The predicted molar refractivity (Wildman–Crippen MR) is 166 cm³/mol. The standard InChI is InChI=1S/C29H31BrClN7O2/c1-5-38(6-2)29-35-27(33-22-13-12-19(3)24(31)16-22)34-28(36-29)37-32-17-21-14-23(30)26(25(15-21)39-4)40-18-20-10-8-7-9-11-20/h7-17H,5-6,18H2,1-4H3,(H2,33,34,35,36,37)/b32-17-. The number of nitrogens with one attached hydrogen (secondary N) is 2. The average Bonchev–Trinajstić information content (AvgIpc) is 2.95. The van der Waals surface area contributed by atoms with E-state index >= 15 is 0 Å². The van der Waals surface area contributed by atoms with E-state index < -0.39 is 0 Å². The minimum Gasteiger partial charge on any atom is -0.493 e. The maximum Gasteiger partial charge on any atom is 0.250 e. The first kappa shape index (κ1) is 29.1. The van der Waals surface area contributed by atoms with Crippen LogP contribution in [-0.2, 0) is 6.61 Å². The number of hydrogen-bond acceptors (Lipinski definition) is 9. The zero-order valence-electron chi connectivity index (χ0n) is 22.8. The molecule has 3 aromatic carbocycles. The van der Waals surface area contributed by atoms with Crippen molar-refractivity contribution in [3.05, 3.63) is 86.8 Å². The van der Waals surface area contributed by atoms with Crippen molar-refractivity contribution in [2.24, 2.45) is 5.10 Å². The van der Waals surface area contributed by atoms with Crippen LogP contribution in [0.5, 0.6) is 11.5 Å². The van der Waals surface area contributed by atoms with Crippen LogP contribution >= 0.6 is 27.5 Å². The molecule has 0 aliphatic rings. The first-order valence-electron chi connectivity index (χ1n) is 12.8. The highest BCUT2D eigenvalue weighted by atomic mass is 79.9. The fourth-order valence-electron chi connectivity index (χ4n) is 3.77. The third-order valence-electron chi connectivity index (χ3n) is 5.95. The number of nitrogens with zero attached hydrogens (tertiary/aromatic N) is 5. The Hall–Kier alpha value is -3.89. The topological polar surface area (TPSA) is 96.8 Å². The van der Waals surface area contributed by atoms with Crippen molar-refractivity contribution < 1.29 is 9.47 Å². The van der Waals surface area contributed by atoms with Crippen molar-refractivity contribution in [2.45, 2.75) is 27.4 Å². The van der Waals surface area contributed by atoms with E-state index in [4.69, 9.17) is 21.1 Å². The second-order valence-electron chi connectivity index (χ2n) is 8.72. The molecule has 0 unspecified atom stereocenters. The molecule has 9 nitrogen and oxygen atoms in total. The van der Waals surface area contributed by atoms with Crippen LogP contribution < -0.4 is 25.1 Å². The van der Waals surface area contributed by atoms with Gasteiger partial charge >= 0.3 is 0 Å². The Morgan fingerprint density at radius 1 is 1.00 bits per heavy atom. The lowest BCUT2D eigenvalue weighted by molar-refractivity contribution is 0.282. The summed E-state index contributed by atoms with van der Waals surface area (Å²) in [5.74, 6) is 2.40. The van der Waals surface area contributed by atoms with Gasteiger partial charge in [0, 0.05) is 23.8 Å². The van der Waals surface area contributed by atoms with E-state index in [1.54, 1.807) is 13.3 Å². The van der Waals surface area contributed by atoms with Gasteiger partial charge in [-0.1, -0.05) is 48.0 Å². The quantitative estimate of drug-likeness (QED) is 0.126. The van der Waals surface area contributed by atoms with E-state index in [1.807, 2.05) is 86.3 Å². The van der Waals surface area contributed by atoms with Gasteiger partial charge in [0.1, 0.15) is 6.61 Å². The molecule has 0 fully saturated rings. The van der Waals surface area contributed by atoms with Crippen LogP contribution in [-0.4, -0.2) is 41.4 Å². The van der Waals surface area contributed by atoms with Gasteiger partial charge in [0.15, 0.2) is 11.5 Å². The molecule has 1 heterocycles. The molecule has 208 valence electrons. The first-order chi connectivity index (χ1) is 19.4. The minimum absolute atomic E-state index is 0.294. The number of halogens is 2. The van der Waals surface area contributed by atoms with E-state index in [9.17, 15) is 0 Å². The Morgan fingerprint density at radius 3 is 2.45 bits per heavy atom. The Labute approximate surface area is 247 Å². The Morgan fingerprint density at radius 2 is 1.75 bits per heavy atom. The molecule has 0 atom stereocenters. The molecule has 4 aromatic rings. The van der Waals surface area contributed by atoms with Crippen molar-refractivity contribution in [3.8, 4) is 11.5 Å². The van der Waals surface area contributed by atoms with Gasteiger partial charge in [-0.2, -0.15) is 20.1 Å². The molecule has 40 heavy (non-hydrogen) atoms. The Kier molecular flexibility index (Phi) is 10.2. The maximum absolute atomic E-state index is 6.30. The van der Waals surface area contributed by atoms with Gasteiger partial charge in [0.05, 0.1) is 17.8 Å². The number of hydrogen-bond donors (Lipinski definition) is 2. The summed E-state index contributed by atoms with van der Waals surface area (Å²) in [4.78, 5) is 15.7. The van der Waals surface area contributed by atoms with Crippen LogP contribution in [0.2, 0.25) is 5.02 Å². The number of ether oxygens (including phenoxy) is 2. The van der Waals surface area contributed by atoms with Crippen molar-refractivity contribution >= 4 is 57.3 Å². The summed E-state index contributed by atoms with van der Waals surface area (Å²) < 4.78 is 12.4. The second kappa shape index (κ2) is 14.0. The number of hydrazone groups is 1. The van der Waals surface area contributed by atoms with E-state index in [-0.39, 0.29) is 0 Å². The second-order valence-corrected chi connectivity index (χ2v) is 9.98. The summed E-state index contributed by atoms with van der Waals surface area (Å²) in [5, 5.41) is 8.24. The Balaban J connectivity index is 1.53. The van der Waals surface area contributed by atoms with Crippen LogP contribution in [0.3, 0.4) is 0 Å². The summed E-state index contributed by atoms with van der Waals surface area (Å²) >= 11 is 9.90. The number of aromatic nitrogens is 3.